The Morgan fingerprint density at radius 3 is 0.870 bits per heavy atom. The summed E-state index contributed by atoms with van der Waals surface area (Å²) < 4.78 is 61.3. The van der Waals surface area contributed by atoms with Gasteiger partial charge in [0.05, 0.1) is 11.1 Å². The van der Waals surface area contributed by atoms with Crippen molar-refractivity contribution < 1.29 is 17.6 Å². The largest absolute Gasteiger partial charge is 0.311 e. The van der Waals surface area contributed by atoms with Crippen molar-refractivity contribution >= 4 is 58.4 Å². The predicted molar refractivity (Wildman–Crippen MR) is 216 cm³/mol. The van der Waals surface area contributed by atoms with Crippen LogP contribution in [0.25, 0.3) is 24.3 Å². The molecule has 6 heteroatoms. The average Bonchev–Trinajstić information content (AvgIpc) is 3.21. The van der Waals surface area contributed by atoms with Crippen LogP contribution in [0, 0.1) is 37.1 Å². The van der Waals surface area contributed by atoms with Crippen molar-refractivity contribution in [2.24, 2.45) is 0 Å². The van der Waals surface area contributed by atoms with Gasteiger partial charge in [0.25, 0.3) is 0 Å². The van der Waals surface area contributed by atoms with E-state index in [1.165, 1.54) is 12.2 Å². The highest BCUT2D eigenvalue weighted by Crippen LogP contribution is 2.36. The lowest BCUT2D eigenvalue weighted by Gasteiger charge is -2.25. The van der Waals surface area contributed by atoms with Crippen LogP contribution in [0.3, 0.4) is 0 Å². The number of nitrogens with zero attached hydrogens (tertiary/aromatic N) is 2. The van der Waals surface area contributed by atoms with E-state index in [2.05, 4.69) is 9.80 Å². The van der Waals surface area contributed by atoms with Crippen LogP contribution in [0.2, 0.25) is 0 Å². The summed E-state index contributed by atoms with van der Waals surface area (Å²) in [6.45, 7) is 4.05. The molecule has 0 spiro atoms. The van der Waals surface area contributed by atoms with Gasteiger partial charge in [0.1, 0.15) is 0 Å². The van der Waals surface area contributed by atoms with Gasteiger partial charge in [0.2, 0.25) is 0 Å². The number of halogens is 4. The first-order valence-electron chi connectivity index (χ1n) is 17.5. The van der Waals surface area contributed by atoms with Gasteiger partial charge in [-0.3, -0.25) is 0 Å². The third-order valence-corrected chi connectivity index (χ3v) is 9.13. The highest BCUT2D eigenvalue weighted by Gasteiger charge is 2.23. The first-order chi connectivity index (χ1) is 26.3. The topological polar surface area (TPSA) is 6.48 Å². The highest BCUT2D eigenvalue weighted by atomic mass is 19.2. The summed E-state index contributed by atoms with van der Waals surface area (Å²) in [5.41, 5.74) is 7.44. The van der Waals surface area contributed by atoms with Crippen molar-refractivity contribution in [3.05, 3.63) is 214 Å². The molecule has 2 nitrogen and oxygen atoms in total. The Bertz CT molecular complexity index is 2200. The Hall–Kier alpha value is -6.66. The smallest absolute Gasteiger partial charge is 0.169 e. The number of para-hydroxylation sites is 2. The van der Waals surface area contributed by atoms with E-state index in [0.717, 1.165) is 57.4 Å². The quantitative estimate of drug-likeness (QED) is 0.0790. The fourth-order valence-electron chi connectivity index (χ4n) is 6.22. The molecule has 7 rings (SSSR count). The van der Waals surface area contributed by atoms with E-state index in [4.69, 9.17) is 0 Å². The zero-order valence-electron chi connectivity index (χ0n) is 29.7. The van der Waals surface area contributed by atoms with E-state index >= 15 is 17.6 Å². The normalized spacial score (nSPS) is 11.4. The summed E-state index contributed by atoms with van der Waals surface area (Å²) in [5, 5.41) is 0. The Morgan fingerprint density at radius 1 is 0.315 bits per heavy atom. The van der Waals surface area contributed by atoms with Crippen LogP contribution >= 0.6 is 0 Å². The molecule has 0 aliphatic heterocycles. The highest BCUT2D eigenvalue weighted by molar-refractivity contribution is 5.80. The van der Waals surface area contributed by atoms with Gasteiger partial charge in [-0.2, -0.15) is 0 Å². The third kappa shape index (κ3) is 7.74. The number of hydrogen-bond acceptors (Lipinski definition) is 2. The lowest BCUT2D eigenvalue weighted by Crippen LogP contribution is -2.09. The minimum Gasteiger partial charge on any atom is -0.311 e. The Balaban J connectivity index is 1.11. The molecule has 0 N–H and O–H groups in total. The summed E-state index contributed by atoms with van der Waals surface area (Å²) in [4.78, 5) is 4.17. The lowest BCUT2D eigenvalue weighted by atomic mass is 10.0. The fourth-order valence-corrected chi connectivity index (χ4v) is 6.22. The van der Waals surface area contributed by atoms with E-state index in [1.807, 2.05) is 147 Å². The van der Waals surface area contributed by atoms with Crippen molar-refractivity contribution in [2.45, 2.75) is 13.8 Å². The zero-order chi connectivity index (χ0) is 37.6. The van der Waals surface area contributed by atoms with Crippen molar-refractivity contribution in [3.63, 3.8) is 0 Å². The van der Waals surface area contributed by atoms with E-state index in [1.54, 1.807) is 24.3 Å². The molecule has 0 aliphatic rings. The van der Waals surface area contributed by atoms with E-state index < -0.39 is 34.4 Å². The van der Waals surface area contributed by atoms with Gasteiger partial charge in [-0.05, 0) is 110 Å². The summed E-state index contributed by atoms with van der Waals surface area (Å²) in [6, 6.07) is 50.7. The number of anilines is 6. The SMILES string of the molecule is Cc1ccc(N(c2ccccc2)c2ccc(C=Cc3c(F)c(F)c(C=Cc4ccc(N(c5ccccc5)c5ccc(C)cc5)cc4)c(F)c3F)cc2)cc1. The molecule has 0 saturated carbocycles. The van der Waals surface area contributed by atoms with Crippen LogP contribution < -0.4 is 9.80 Å². The second kappa shape index (κ2) is 15.9. The predicted octanol–water partition coefficient (Wildman–Crippen LogP) is 14.1. The molecular formula is C48H36F4N2. The van der Waals surface area contributed by atoms with Crippen LogP contribution in [0.15, 0.2) is 158 Å². The van der Waals surface area contributed by atoms with E-state index in [0.29, 0.717) is 11.1 Å². The molecule has 7 aromatic rings. The summed E-state index contributed by atoms with van der Waals surface area (Å²) >= 11 is 0. The molecule has 0 aliphatic carbocycles. The molecule has 0 aromatic heterocycles. The van der Waals surface area contributed by atoms with Crippen LogP contribution in [0.5, 0.6) is 0 Å². The minimum atomic E-state index is -1.47. The molecule has 54 heavy (non-hydrogen) atoms. The Kier molecular flexibility index (Phi) is 10.5. The van der Waals surface area contributed by atoms with Gasteiger partial charge >= 0.3 is 0 Å². The molecule has 0 unspecified atom stereocenters. The van der Waals surface area contributed by atoms with Crippen molar-refractivity contribution in [1.82, 2.24) is 0 Å². The number of rotatable bonds is 10. The average molecular weight is 717 g/mol. The molecule has 0 heterocycles. The number of aryl methyl sites for hydroxylation is 2. The molecule has 0 saturated heterocycles. The molecule has 266 valence electrons. The number of benzene rings is 7. The summed E-state index contributed by atoms with van der Waals surface area (Å²) in [6.07, 6.45) is 4.96. The Labute approximate surface area is 313 Å². The summed E-state index contributed by atoms with van der Waals surface area (Å²) in [7, 11) is 0. The second-order valence-electron chi connectivity index (χ2n) is 12.9. The first-order valence-corrected chi connectivity index (χ1v) is 17.5. The zero-order valence-corrected chi connectivity index (χ0v) is 29.7. The molecule has 7 aromatic carbocycles. The molecule has 0 atom stereocenters. The Morgan fingerprint density at radius 2 is 0.574 bits per heavy atom. The van der Waals surface area contributed by atoms with Crippen LogP contribution in [0.1, 0.15) is 33.4 Å². The fraction of sp³-hybridized carbons (Fsp3) is 0.0417. The molecule has 0 radical (unpaired) electrons. The monoisotopic (exact) mass is 716 g/mol. The van der Waals surface area contributed by atoms with Crippen LogP contribution in [-0.2, 0) is 0 Å². The standard InChI is InChI=1S/C48H36F4N2/c1-33-13-23-39(24-14-33)53(37-9-5-3-6-10-37)41-27-17-35(18-28-41)21-31-43-45(49)47(51)44(48(52)46(43)50)32-22-36-19-29-42(30-20-36)54(38-11-7-4-8-12-38)40-25-15-34(2)16-26-40/h3-32H,1-2H3. The van der Waals surface area contributed by atoms with Crippen molar-refractivity contribution in [1.29, 1.82) is 0 Å². The van der Waals surface area contributed by atoms with Gasteiger partial charge < -0.3 is 9.80 Å². The van der Waals surface area contributed by atoms with E-state index in [-0.39, 0.29) is 0 Å². The lowest BCUT2D eigenvalue weighted by molar-refractivity contribution is 0.448. The van der Waals surface area contributed by atoms with Gasteiger partial charge in [-0.25, -0.2) is 17.6 Å². The van der Waals surface area contributed by atoms with Gasteiger partial charge in [0.15, 0.2) is 23.3 Å². The minimum absolute atomic E-state index is 0.593. The maximum absolute atomic E-state index is 15.3. The number of hydrogen-bond donors (Lipinski definition) is 0. The third-order valence-electron chi connectivity index (χ3n) is 9.13. The molecule has 0 fully saturated rings. The maximum Gasteiger partial charge on any atom is 0.169 e. The van der Waals surface area contributed by atoms with Crippen LogP contribution in [-0.4, -0.2) is 0 Å². The second-order valence-corrected chi connectivity index (χ2v) is 12.9. The molecule has 0 bridgehead atoms. The van der Waals surface area contributed by atoms with Gasteiger partial charge in [-0.1, -0.05) is 108 Å². The summed E-state index contributed by atoms with van der Waals surface area (Å²) in [5.74, 6) is -5.88. The molecule has 0 amide bonds. The van der Waals surface area contributed by atoms with Crippen LogP contribution in [0.4, 0.5) is 51.7 Å². The molecular weight excluding hydrogens is 681 g/mol. The first kappa shape index (κ1) is 35.7. The van der Waals surface area contributed by atoms with Gasteiger partial charge in [0, 0.05) is 34.1 Å². The van der Waals surface area contributed by atoms with Crippen molar-refractivity contribution in [2.75, 3.05) is 9.80 Å². The van der Waals surface area contributed by atoms with E-state index in [9.17, 15) is 0 Å². The van der Waals surface area contributed by atoms with Crippen molar-refractivity contribution in [3.8, 4) is 0 Å². The van der Waals surface area contributed by atoms with Gasteiger partial charge in [-0.15, -0.1) is 0 Å². The maximum atomic E-state index is 15.3.